The molecule has 0 aliphatic carbocycles. The highest BCUT2D eigenvalue weighted by molar-refractivity contribution is 7.93. The van der Waals surface area contributed by atoms with E-state index in [1.165, 1.54) is 37.3 Å². The van der Waals surface area contributed by atoms with E-state index in [1.54, 1.807) is 0 Å². The first-order valence-electron chi connectivity index (χ1n) is 6.75. The van der Waals surface area contributed by atoms with Crippen LogP contribution in [0.3, 0.4) is 0 Å². The zero-order valence-corrected chi connectivity index (χ0v) is 13.3. The summed E-state index contributed by atoms with van der Waals surface area (Å²) in [4.78, 5) is 24.6. The Bertz CT molecular complexity index is 897. The summed E-state index contributed by atoms with van der Waals surface area (Å²) in [5, 5.41) is 20.1. The molecule has 0 aliphatic heterocycles. The van der Waals surface area contributed by atoms with Crippen LogP contribution < -0.4 is 4.31 Å². The van der Waals surface area contributed by atoms with Crippen molar-refractivity contribution in [1.29, 1.82) is 0 Å². The quantitative estimate of drug-likeness (QED) is 0.621. The Morgan fingerprint density at radius 3 is 2.50 bits per heavy atom. The molecule has 1 N–H and O–H groups in total. The fourth-order valence-electron chi connectivity index (χ4n) is 2.08. The van der Waals surface area contributed by atoms with E-state index in [9.17, 15) is 23.3 Å². The third-order valence-corrected chi connectivity index (χ3v) is 5.05. The molecule has 0 saturated carbocycles. The van der Waals surface area contributed by atoms with Crippen LogP contribution in [0.1, 0.15) is 17.4 Å². The largest absolute Gasteiger partial charge is 0.477 e. The van der Waals surface area contributed by atoms with Gasteiger partial charge < -0.3 is 5.11 Å². The number of aromatic nitrogens is 1. The van der Waals surface area contributed by atoms with Gasteiger partial charge in [0.1, 0.15) is 5.82 Å². The van der Waals surface area contributed by atoms with Crippen molar-refractivity contribution in [2.24, 2.45) is 0 Å². The van der Waals surface area contributed by atoms with Crippen molar-refractivity contribution < 1.29 is 23.2 Å². The summed E-state index contributed by atoms with van der Waals surface area (Å²) in [6.07, 6.45) is 0. The molecule has 126 valence electrons. The molecular weight excluding hydrogens is 338 g/mol. The van der Waals surface area contributed by atoms with E-state index in [1.807, 2.05) is 0 Å². The van der Waals surface area contributed by atoms with E-state index in [2.05, 4.69) is 4.98 Å². The maximum Gasteiger partial charge on any atom is 0.354 e. The molecule has 0 spiro atoms. The number of nitro benzene ring substituents is 1. The number of carboxylic acid groups (broad SMARTS) is 1. The molecule has 0 saturated heterocycles. The average Bonchev–Trinajstić information content (AvgIpc) is 2.55. The summed E-state index contributed by atoms with van der Waals surface area (Å²) in [6.45, 7) is 1.44. The molecule has 10 heteroatoms. The van der Waals surface area contributed by atoms with Gasteiger partial charge in [-0.3, -0.25) is 10.1 Å². The van der Waals surface area contributed by atoms with Crippen LogP contribution in [0.5, 0.6) is 0 Å². The number of carbonyl (C=O) groups is 1. The number of sulfonamides is 1. The van der Waals surface area contributed by atoms with E-state index in [0.717, 1.165) is 16.4 Å². The first-order valence-corrected chi connectivity index (χ1v) is 8.19. The molecule has 0 unspecified atom stereocenters. The van der Waals surface area contributed by atoms with Crippen molar-refractivity contribution in [2.45, 2.75) is 11.8 Å². The fourth-order valence-corrected chi connectivity index (χ4v) is 3.66. The van der Waals surface area contributed by atoms with E-state index < -0.39 is 31.5 Å². The molecule has 0 bridgehead atoms. The van der Waals surface area contributed by atoms with Crippen LogP contribution >= 0.6 is 0 Å². The SMILES string of the molecule is CCN(c1cccc(C(=O)O)n1)S(=O)(=O)c1ccccc1[N+](=O)[O-]. The van der Waals surface area contributed by atoms with Crippen molar-refractivity contribution in [3.05, 3.63) is 58.3 Å². The Morgan fingerprint density at radius 1 is 1.25 bits per heavy atom. The number of carboxylic acids is 1. The van der Waals surface area contributed by atoms with E-state index >= 15 is 0 Å². The van der Waals surface area contributed by atoms with Crippen molar-refractivity contribution >= 4 is 27.5 Å². The highest BCUT2D eigenvalue weighted by Crippen LogP contribution is 2.28. The van der Waals surface area contributed by atoms with Gasteiger partial charge in [-0.05, 0) is 25.1 Å². The van der Waals surface area contributed by atoms with Crippen molar-refractivity contribution in [3.8, 4) is 0 Å². The molecule has 0 atom stereocenters. The summed E-state index contributed by atoms with van der Waals surface area (Å²) in [5.41, 5.74) is -0.894. The zero-order chi connectivity index (χ0) is 17.9. The molecule has 2 aromatic rings. The maximum absolute atomic E-state index is 12.8. The number of benzene rings is 1. The predicted octanol–water partition coefficient (Wildman–Crippen LogP) is 1.90. The number of hydrogen-bond acceptors (Lipinski definition) is 6. The van der Waals surface area contributed by atoms with Crippen molar-refractivity contribution in [1.82, 2.24) is 4.98 Å². The fraction of sp³-hybridized carbons (Fsp3) is 0.143. The third kappa shape index (κ3) is 3.18. The van der Waals surface area contributed by atoms with E-state index in [4.69, 9.17) is 5.11 Å². The molecule has 24 heavy (non-hydrogen) atoms. The van der Waals surface area contributed by atoms with E-state index in [-0.39, 0.29) is 18.1 Å². The van der Waals surface area contributed by atoms with Crippen LogP contribution in [0.25, 0.3) is 0 Å². The van der Waals surface area contributed by atoms with Gasteiger partial charge >= 0.3 is 5.97 Å². The molecule has 1 aromatic carbocycles. The molecule has 0 amide bonds. The van der Waals surface area contributed by atoms with Crippen LogP contribution in [-0.2, 0) is 10.0 Å². The van der Waals surface area contributed by atoms with Crippen molar-refractivity contribution in [2.75, 3.05) is 10.8 Å². The van der Waals surface area contributed by atoms with Gasteiger partial charge in [0, 0.05) is 12.6 Å². The lowest BCUT2D eigenvalue weighted by molar-refractivity contribution is -0.387. The summed E-state index contributed by atoms with van der Waals surface area (Å²) in [5.74, 6) is -1.44. The third-order valence-electron chi connectivity index (χ3n) is 3.13. The first kappa shape index (κ1) is 17.3. The normalized spacial score (nSPS) is 11.0. The monoisotopic (exact) mass is 351 g/mol. The van der Waals surface area contributed by atoms with Gasteiger partial charge in [0.15, 0.2) is 10.6 Å². The number of nitro groups is 1. The lowest BCUT2D eigenvalue weighted by atomic mass is 10.3. The molecule has 1 aromatic heterocycles. The summed E-state index contributed by atoms with van der Waals surface area (Å²) >= 11 is 0. The Morgan fingerprint density at radius 2 is 1.92 bits per heavy atom. The number of hydrogen-bond donors (Lipinski definition) is 1. The summed E-state index contributed by atoms with van der Waals surface area (Å²) in [7, 11) is -4.29. The van der Waals surface area contributed by atoms with Crippen LogP contribution in [0, 0.1) is 10.1 Å². The number of rotatable bonds is 6. The second-order valence-electron chi connectivity index (χ2n) is 4.58. The molecular formula is C14H13N3O6S. The van der Waals surface area contributed by atoms with Crippen molar-refractivity contribution in [3.63, 3.8) is 0 Å². The second-order valence-corrected chi connectivity index (χ2v) is 6.41. The molecule has 0 radical (unpaired) electrons. The average molecular weight is 351 g/mol. The number of nitrogens with zero attached hydrogens (tertiary/aromatic N) is 3. The lowest BCUT2D eigenvalue weighted by Crippen LogP contribution is -2.32. The molecule has 9 nitrogen and oxygen atoms in total. The topological polar surface area (TPSA) is 131 Å². The summed E-state index contributed by atoms with van der Waals surface area (Å²) in [6, 6.07) is 8.83. The van der Waals surface area contributed by atoms with E-state index in [0.29, 0.717) is 0 Å². The highest BCUT2D eigenvalue weighted by Gasteiger charge is 2.31. The number of pyridine rings is 1. The van der Waals surface area contributed by atoms with Gasteiger partial charge in [-0.1, -0.05) is 18.2 Å². The number of aromatic carboxylic acids is 1. The van der Waals surface area contributed by atoms with Gasteiger partial charge in [0.2, 0.25) is 0 Å². The standard InChI is InChI=1S/C14H13N3O6S/c1-2-16(13-9-5-6-10(15-13)14(18)19)24(22,23)12-8-4-3-7-11(12)17(20)21/h3-9H,2H2,1H3,(H,18,19). The smallest absolute Gasteiger partial charge is 0.354 e. The van der Waals surface area contributed by atoms with Crippen LogP contribution in [0.4, 0.5) is 11.5 Å². The lowest BCUT2D eigenvalue weighted by Gasteiger charge is -2.21. The van der Waals surface area contributed by atoms with Crippen LogP contribution in [0.2, 0.25) is 0 Å². The predicted molar refractivity (Wildman–Crippen MR) is 84.5 cm³/mol. The Hall–Kier alpha value is -3.01. The Balaban J connectivity index is 2.60. The Labute approximate surface area is 137 Å². The van der Waals surface area contributed by atoms with Gasteiger partial charge in [-0.25, -0.2) is 22.5 Å². The number of anilines is 1. The Kier molecular flexibility index (Phi) is 4.79. The minimum Gasteiger partial charge on any atom is -0.477 e. The van der Waals surface area contributed by atoms with Gasteiger partial charge in [-0.2, -0.15) is 0 Å². The second kappa shape index (κ2) is 6.62. The van der Waals surface area contributed by atoms with Gasteiger partial charge in [-0.15, -0.1) is 0 Å². The maximum atomic E-state index is 12.8. The van der Waals surface area contributed by atoms with Gasteiger partial charge in [0.25, 0.3) is 15.7 Å². The van der Waals surface area contributed by atoms with Crippen LogP contribution in [-0.4, -0.2) is 35.9 Å². The molecule has 2 rings (SSSR count). The molecule has 1 heterocycles. The minimum atomic E-state index is -4.29. The highest BCUT2D eigenvalue weighted by atomic mass is 32.2. The van der Waals surface area contributed by atoms with Crippen LogP contribution in [0.15, 0.2) is 47.4 Å². The minimum absolute atomic E-state index is 0.0789. The first-order chi connectivity index (χ1) is 11.3. The van der Waals surface area contributed by atoms with Gasteiger partial charge in [0.05, 0.1) is 4.92 Å². The number of para-hydroxylation sites is 1. The summed E-state index contributed by atoms with van der Waals surface area (Å²) < 4.78 is 26.4. The molecule has 0 fully saturated rings. The molecule has 0 aliphatic rings. The zero-order valence-electron chi connectivity index (χ0n) is 12.5.